The second-order valence-electron chi connectivity index (χ2n) is 7.10. The fourth-order valence-corrected chi connectivity index (χ4v) is 3.95. The molecule has 0 fully saturated rings. The number of benzene rings is 2. The summed E-state index contributed by atoms with van der Waals surface area (Å²) in [6, 6.07) is 16.3. The van der Waals surface area contributed by atoms with Crippen molar-refractivity contribution in [1.82, 2.24) is 9.88 Å². The molecule has 1 amide bonds. The van der Waals surface area contributed by atoms with Gasteiger partial charge in [-0.1, -0.05) is 30.3 Å². The fraction of sp³-hybridized carbons (Fsp3) is 0.227. The summed E-state index contributed by atoms with van der Waals surface area (Å²) in [5.74, 6) is -0.126. The van der Waals surface area contributed by atoms with Crippen molar-refractivity contribution in [2.45, 2.75) is 32.1 Å². The highest BCUT2D eigenvalue weighted by atomic mass is 32.2. The minimum atomic E-state index is -3.69. The van der Waals surface area contributed by atoms with Crippen LogP contribution in [-0.4, -0.2) is 25.4 Å². The molecule has 3 rings (SSSR count). The number of para-hydroxylation sites is 1. The zero-order chi connectivity index (χ0) is 21.2. The van der Waals surface area contributed by atoms with Crippen LogP contribution in [0.25, 0.3) is 5.69 Å². The van der Waals surface area contributed by atoms with Gasteiger partial charge in [-0.05, 0) is 62.6 Å². The van der Waals surface area contributed by atoms with E-state index in [1.165, 1.54) is 12.1 Å². The van der Waals surface area contributed by atoms with E-state index in [9.17, 15) is 13.2 Å². The van der Waals surface area contributed by atoms with Crippen molar-refractivity contribution in [2.24, 2.45) is 5.14 Å². The van der Waals surface area contributed by atoms with E-state index in [4.69, 9.17) is 5.14 Å². The fourth-order valence-electron chi connectivity index (χ4n) is 3.44. The third kappa shape index (κ3) is 4.58. The topological polar surface area (TPSA) is 94.2 Å². The standard InChI is InChI=1S/C22H25N3O3S/c1-15-6-4-5-7-21(15)25-16(2)14-20(17(25)3)22(26)24-13-12-18-8-10-19(11-9-18)29(23,27)28/h4-11,14H,12-13H2,1-3H3,(H,24,26)(H2,23,27,28). The molecule has 7 heteroatoms. The third-order valence-corrected chi connectivity index (χ3v) is 5.91. The molecule has 3 aromatic rings. The van der Waals surface area contributed by atoms with Crippen LogP contribution in [-0.2, 0) is 16.4 Å². The van der Waals surface area contributed by atoms with E-state index in [1.807, 2.05) is 38.1 Å². The number of carbonyl (C=O) groups excluding carboxylic acids is 1. The summed E-state index contributed by atoms with van der Waals surface area (Å²) in [6.45, 7) is 6.43. The number of nitrogens with two attached hydrogens (primary N) is 1. The summed E-state index contributed by atoms with van der Waals surface area (Å²) in [6.07, 6.45) is 0.590. The highest BCUT2D eigenvalue weighted by Crippen LogP contribution is 2.23. The van der Waals surface area contributed by atoms with Crippen molar-refractivity contribution < 1.29 is 13.2 Å². The first-order valence-corrected chi connectivity index (χ1v) is 10.9. The zero-order valence-electron chi connectivity index (χ0n) is 16.8. The maximum absolute atomic E-state index is 12.7. The summed E-state index contributed by atoms with van der Waals surface area (Å²) in [5.41, 5.74) is 5.67. The molecule has 3 N–H and O–H groups in total. The van der Waals surface area contributed by atoms with Gasteiger partial charge < -0.3 is 9.88 Å². The Bertz CT molecular complexity index is 1150. The van der Waals surface area contributed by atoms with Gasteiger partial charge in [0.1, 0.15) is 0 Å². The average molecular weight is 412 g/mol. The number of hydrogen-bond acceptors (Lipinski definition) is 3. The van der Waals surface area contributed by atoms with E-state index in [2.05, 4.69) is 22.9 Å². The highest BCUT2D eigenvalue weighted by Gasteiger charge is 2.17. The van der Waals surface area contributed by atoms with E-state index in [1.54, 1.807) is 12.1 Å². The molecule has 0 saturated heterocycles. The number of aromatic nitrogens is 1. The maximum Gasteiger partial charge on any atom is 0.253 e. The number of aryl methyl sites for hydroxylation is 2. The molecular weight excluding hydrogens is 386 g/mol. The van der Waals surface area contributed by atoms with E-state index >= 15 is 0 Å². The molecule has 0 bridgehead atoms. The lowest BCUT2D eigenvalue weighted by Gasteiger charge is -2.13. The molecule has 0 saturated carbocycles. The number of amides is 1. The number of hydrogen-bond donors (Lipinski definition) is 2. The number of carbonyl (C=O) groups is 1. The Kier molecular flexibility index (Phi) is 5.91. The van der Waals surface area contributed by atoms with Crippen molar-refractivity contribution >= 4 is 15.9 Å². The van der Waals surface area contributed by atoms with Gasteiger partial charge in [-0.3, -0.25) is 4.79 Å². The Hall–Kier alpha value is -2.90. The van der Waals surface area contributed by atoms with E-state index < -0.39 is 10.0 Å². The lowest BCUT2D eigenvalue weighted by atomic mass is 10.1. The van der Waals surface area contributed by atoms with Crippen LogP contribution in [0.1, 0.15) is 32.9 Å². The molecule has 29 heavy (non-hydrogen) atoms. The quantitative estimate of drug-likeness (QED) is 0.653. The lowest BCUT2D eigenvalue weighted by Crippen LogP contribution is -2.26. The molecular formula is C22H25N3O3S. The van der Waals surface area contributed by atoms with Gasteiger partial charge in [-0.25, -0.2) is 13.6 Å². The third-order valence-electron chi connectivity index (χ3n) is 4.98. The Morgan fingerprint density at radius 2 is 1.69 bits per heavy atom. The molecule has 0 aliphatic carbocycles. The second-order valence-corrected chi connectivity index (χ2v) is 8.66. The van der Waals surface area contributed by atoms with Gasteiger partial charge >= 0.3 is 0 Å². The Labute approximate surface area is 171 Å². The molecule has 0 aliphatic heterocycles. The van der Waals surface area contributed by atoms with Crippen LogP contribution in [0.5, 0.6) is 0 Å². The number of primary sulfonamides is 1. The van der Waals surface area contributed by atoms with Crippen molar-refractivity contribution in [1.29, 1.82) is 0 Å². The van der Waals surface area contributed by atoms with Crippen LogP contribution in [0.2, 0.25) is 0 Å². The smallest absolute Gasteiger partial charge is 0.253 e. The van der Waals surface area contributed by atoms with Crippen molar-refractivity contribution in [3.05, 3.63) is 82.7 Å². The van der Waals surface area contributed by atoms with Crippen molar-refractivity contribution in [3.8, 4) is 5.69 Å². The first-order valence-electron chi connectivity index (χ1n) is 9.33. The van der Waals surface area contributed by atoms with Crippen LogP contribution in [0, 0.1) is 20.8 Å². The van der Waals surface area contributed by atoms with Crippen LogP contribution >= 0.6 is 0 Å². The number of nitrogens with zero attached hydrogens (tertiary/aromatic N) is 1. The van der Waals surface area contributed by atoms with Crippen LogP contribution in [0.4, 0.5) is 0 Å². The zero-order valence-corrected chi connectivity index (χ0v) is 17.6. The molecule has 2 aromatic carbocycles. The summed E-state index contributed by atoms with van der Waals surface area (Å²) >= 11 is 0. The second kappa shape index (κ2) is 8.23. The van der Waals surface area contributed by atoms with E-state index in [-0.39, 0.29) is 10.8 Å². The minimum Gasteiger partial charge on any atom is -0.352 e. The first kappa shape index (κ1) is 20.8. The first-order chi connectivity index (χ1) is 13.7. The van der Waals surface area contributed by atoms with E-state index in [0.717, 1.165) is 28.2 Å². The molecule has 1 heterocycles. The predicted molar refractivity (Wildman–Crippen MR) is 114 cm³/mol. The van der Waals surface area contributed by atoms with Gasteiger partial charge in [0.2, 0.25) is 10.0 Å². The SMILES string of the molecule is Cc1ccccc1-n1c(C)cc(C(=O)NCCc2ccc(S(N)(=O)=O)cc2)c1C. The summed E-state index contributed by atoms with van der Waals surface area (Å²) in [5, 5.41) is 8.05. The van der Waals surface area contributed by atoms with Crippen LogP contribution in [0.15, 0.2) is 59.5 Å². The largest absolute Gasteiger partial charge is 0.352 e. The van der Waals surface area contributed by atoms with E-state index in [0.29, 0.717) is 18.5 Å². The summed E-state index contributed by atoms with van der Waals surface area (Å²) in [4.78, 5) is 12.8. The number of sulfonamides is 1. The number of rotatable bonds is 6. The average Bonchev–Trinajstić information content (AvgIpc) is 2.96. The van der Waals surface area contributed by atoms with Crippen LogP contribution in [0.3, 0.4) is 0 Å². The minimum absolute atomic E-state index is 0.0777. The molecule has 0 radical (unpaired) electrons. The molecule has 0 aliphatic rings. The van der Waals surface area contributed by atoms with Gasteiger partial charge in [0.15, 0.2) is 0 Å². The molecule has 0 atom stereocenters. The molecule has 0 spiro atoms. The maximum atomic E-state index is 12.7. The number of nitrogens with one attached hydrogen (secondary N) is 1. The lowest BCUT2D eigenvalue weighted by molar-refractivity contribution is 0.0953. The van der Waals surface area contributed by atoms with Crippen molar-refractivity contribution in [2.75, 3.05) is 6.54 Å². The van der Waals surface area contributed by atoms with Gasteiger partial charge in [0, 0.05) is 23.6 Å². The highest BCUT2D eigenvalue weighted by molar-refractivity contribution is 7.89. The summed E-state index contributed by atoms with van der Waals surface area (Å²) < 4.78 is 24.7. The van der Waals surface area contributed by atoms with Crippen molar-refractivity contribution in [3.63, 3.8) is 0 Å². The normalized spacial score (nSPS) is 11.4. The van der Waals surface area contributed by atoms with Crippen LogP contribution < -0.4 is 10.5 Å². The van der Waals surface area contributed by atoms with Gasteiger partial charge in [0.25, 0.3) is 5.91 Å². The van der Waals surface area contributed by atoms with Gasteiger partial charge in [-0.2, -0.15) is 0 Å². The molecule has 152 valence electrons. The Morgan fingerprint density at radius 1 is 1.03 bits per heavy atom. The summed E-state index contributed by atoms with van der Waals surface area (Å²) in [7, 11) is -3.69. The molecule has 1 aromatic heterocycles. The van der Waals surface area contributed by atoms with Gasteiger partial charge in [0.05, 0.1) is 10.5 Å². The predicted octanol–water partition coefficient (Wildman–Crippen LogP) is 3.02. The Balaban J connectivity index is 1.69. The monoisotopic (exact) mass is 411 g/mol. The molecule has 6 nitrogen and oxygen atoms in total. The Morgan fingerprint density at radius 3 is 2.31 bits per heavy atom. The van der Waals surface area contributed by atoms with Gasteiger partial charge in [-0.15, -0.1) is 0 Å². The molecule has 0 unspecified atom stereocenters.